The Morgan fingerprint density at radius 2 is 2.05 bits per heavy atom. The van der Waals surface area contributed by atoms with Crippen LogP contribution in [0.3, 0.4) is 0 Å². The van der Waals surface area contributed by atoms with E-state index in [1.54, 1.807) is 24.3 Å². The van der Waals surface area contributed by atoms with E-state index in [-0.39, 0.29) is 12.3 Å². The van der Waals surface area contributed by atoms with Crippen LogP contribution in [0.2, 0.25) is 5.02 Å². The fourth-order valence-corrected chi connectivity index (χ4v) is 1.86. The number of nitrogens with two attached hydrogens (primary N) is 1. The second kappa shape index (κ2) is 6.23. The second-order valence-electron chi connectivity index (χ2n) is 3.96. The molecule has 0 fully saturated rings. The number of nitrogen functional groups attached to an aromatic ring is 1. The van der Waals surface area contributed by atoms with Gasteiger partial charge in [0.2, 0.25) is 0 Å². The molecule has 0 atom stereocenters. The van der Waals surface area contributed by atoms with Crippen LogP contribution < -0.4 is 16.0 Å². The topological polar surface area (TPSA) is 90.4 Å². The number of non-ortho nitro benzene ring substituents is 1. The summed E-state index contributed by atoms with van der Waals surface area (Å²) in [6.07, 6.45) is 0. The molecule has 0 aromatic heterocycles. The molecule has 0 bridgehead atoms. The molecule has 0 aliphatic rings. The van der Waals surface area contributed by atoms with Gasteiger partial charge in [-0.3, -0.25) is 16.0 Å². The summed E-state index contributed by atoms with van der Waals surface area (Å²) in [5, 5.41) is 11.2. The smallest absolute Gasteiger partial charge is 0.269 e. The maximum atomic E-state index is 10.8. The molecule has 0 radical (unpaired) electrons. The highest BCUT2D eigenvalue weighted by atomic mass is 35.5. The number of rotatable bonds is 5. The summed E-state index contributed by atoms with van der Waals surface area (Å²) >= 11 is 5.97. The molecule has 0 spiro atoms. The van der Waals surface area contributed by atoms with Crippen LogP contribution in [-0.2, 0) is 6.61 Å². The fourth-order valence-electron chi connectivity index (χ4n) is 1.67. The molecule has 6 nitrogen and oxygen atoms in total. The van der Waals surface area contributed by atoms with E-state index in [1.165, 1.54) is 18.2 Å². The average molecular weight is 294 g/mol. The van der Waals surface area contributed by atoms with Gasteiger partial charge < -0.3 is 10.2 Å². The molecule has 20 heavy (non-hydrogen) atoms. The van der Waals surface area contributed by atoms with Crippen molar-refractivity contribution in [1.82, 2.24) is 0 Å². The van der Waals surface area contributed by atoms with Crippen molar-refractivity contribution in [3.63, 3.8) is 0 Å². The number of anilines is 1. The minimum atomic E-state index is -0.473. The van der Waals surface area contributed by atoms with Crippen molar-refractivity contribution in [1.29, 1.82) is 0 Å². The summed E-state index contributed by atoms with van der Waals surface area (Å²) in [6.45, 7) is 0.116. The zero-order valence-corrected chi connectivity index (χ0v) is 11.1. The molecule has 0 aliphatic carbocycles. The zero-order valence-electron chi connectivity index (χ0n) is 10.4. The number of nitrogens with one attached hydrogen (secondary N) is 1. The van der Waals surface area contributed by atoms with Gasteiger partial charge in [0.25, 0.3) is 5.69 Å². The van der Waals surface area contributed by atoms with Crippen molar-refractivity contribution in [2.45, 2.75) is 6.61 Å². The molecule has 0 heterocycles. The van der Waals surface area contributed by atoms with Gasteiger partial charge >= 0.3 is 0 Å². The van der Waals surface area contributed by atoms with Gasteiger partial charge in [-0.1, -0.05) is 23.7 Å². The van der Waals surface area contributed by atoms with E-state index in [2.05, 4.69) is 5.43 Å². The fraction of sp³-hybridized carbons (Fsp3) is 0.0769. The molecule has 0 saturated heterocycles. The normalized spacial score (nSPS) is 10.1. The molecule has 2 aromatic carbocycles. The maximum absolute atomic E-state index is 10.8. The van der Waals surface area contributed by atoms with Crippen molar-refractivity contribution < 1.29 is 9.66 Å². The van der Waals surface area contributed by atoms with Gasteiger partial charge in [-0.15, -0.1) is 0 Å². The molecule has 0 aliphatic heterocycles. The predicted molar refractivity (Wildman–Crippen MR) is 76.7 cm³/mol. The molecule has 2 rings (SSSR count). The lowest BCUT2D eigenvalue weighted by atomic mass is 10.1. The number of nitro benzene ring substituents is 1. The Hall–Kier alpha value is -2.31. The van der Waals surface area contributed by atoms with Crippen LogP contribution in [-0.4, -0.2) is 4.92 Å². The lowest BCUT2D eigenvalue weighted by Gasteiger charge is -2.11. The average Bonchev–Trinajstić information content (AvgIpc) is 2.46. The maximum Gasteiger partial charge on any atom is 0.269 e. The SMILES string of the molecule is NNc1ccc([N+](=O)[O-])cc1COc1ccccc1Cl. The second-order valence-corrected chi connectivity index (χ2v) is 4.37. The third kappa shape index (κ3) is 3.17. The van der Waals surface area contributed by atoms with Crippen molar-refractivity contribution >= 4 is 23.0 Å². The number of benzene rings is 2. The van der Waals surface area contributed by atoms with Gasteiger partial charge in [-0.05, 0) is 18.2 Å². The van der Waals surface area contributed by atoms with E-state index in [9.17, 15) is 10.1 Å². The van der Waals surface area contributed by atoms with E-state index < -0.39 is 4.92 Å². The van der Waals surface area contributed by atoms with Crippen molar-refractivity contribution in [2.75, 3.05) is 5.43 Å². The van der Waals surface area contributed by atoms with Crippen LogP contribution in [0, 0.1) is 10.1 Å². The zero-order chi connectivity index (χ0) is 14.5. The summed E-state index contributed by atoms with van der Waals surface area (Å²) < 4.78 is 5.55. The third-order valence-corrected chi connectivity index (χ3v) is 2.99. The van der Waals surface area contributed by atoms with Crippen LogP contribution in [0.1, 0.15) is 5.56 Å². The monoisotopic (exact) mass is 293 g/mol. The van der Waals surface area contributed by atoms with E-state index in [0.717, 1.165) is 0 Å². The number of nitrogens with zero attached hydrogens (tertiary/aromatic N) is 1. The number of hydrazine groups is 1. The number of hydrogen-bond donors (Lipinski definition) is 2. The predicted octanol–water partition coefficient (Wildman–Crippen LogP) is 3.11. The largest absolute Gasteiger partial charge is 0.487 e. The first-order chi connectivity index (χ1) is 9.61. The highest BCUT2D eigenvalue weighted by Gasteiger charge is 2.11. The number of ether oxygens (including phenoxy) is 1. The molecule has 0 unspecified atom stereocenters. The first-order valence-electron chi connectivity index (χ1n) is 5.73. The van der Waals surface area contributed by atoms with E-state index in [0.29, 0.717) is 22.0 Å². The van der Waals surface area contributed by atoms with Crippen molar-refractivity contribution in [3.8, 4) is 5.75 Å². The Balaban J connectivity index is 2.22. The molecule has 3 N–H and O–H groups in total. The Bertz CT molecular complexity index is 634. The van der Waals surface area contributed by atoms with Gasteiger partial charge in [0, 0.05) is 17.7 Å². The van der Waals surface area contributed by atoms with Crippen molar-refractivity contribution in [3.05, 3.63) is 63.2 Å². The summed E-state index contributed by atoms with van der Waals surface area (Å²) in [5.41, 5.74) is 3.58. The summed E-state index contributed by atoms with van der Waals surface area (Å²) in [7, 11) is 0. The standard InChI is InChI=1S/C13H12ClN3O3/c14-11-3-1-2-4-13(11)20-8-9-7-10(17(18)19)5-6-12(9)16-15/h1-7,16H,8,15H2. The first kappa shape index (κ1) is 14.1. The Morgan fingerprint density at radius 3 is 2.70 bits per heavy atom. The minimum absolute atomic E-state index is 0.0261. The lowest BCUT2D eigenvalue weighted by molar-refractivity contribution is -0.384. The Labute approximate surface area is 120 Å². The molecular formula is C13H12ClN3O3. The minimum Gasteiger partial charge on any atom is -0.487 e. The van der Waals surface area contributed by atoms with Gasteiger partial charge in [-0.2, -0.15) is 0 Å². The molecule has 104 valence electrons. The molecule has 2 aromatic rings. The quantitative estimate of drug-likeness (QED) is 0.502. The van der Waals surface area contributed by atoms with E-state index in [4.69, 9.17) is 22.2 Å². The van der Waals surface area contributed by atoms with Gasteiger partial charge in [-0.25, -0.2) is 0 Å². The van der Waals surface area contributed by atoms with Crippen LogP contribution in [0.4, 0.5) is 11.4 Å². The van der Waals surface area contributed by atoms with Gasteiger partial charge in [0.1, 0.15) is 12.4 Å². The van der Waals surface area contributed by atoms with E-state index >= 15 is 0 Å². The van der Waals surface area contributed by atoms with Crippen LogP contribution in [0.5, 0.6) is 5.75 Å². The van der Waals surface area contributed by atoms with Gasteiger partial charge in [0.05, 0.1) is 15.6 Å². The Kier molecular flexibility index (Phi) is 4.39. The van der Waals surface area contributed by atoms with Gasteiger partial charge in [0.15, 0.2) is 0 Å². The molecule has 0 amide bonds. The number of para-hydroxylation sites is 1. The molecular weight excluding hydrogens is 282 g/mol. The van der Waals surface area contributed by atoms with E-state index in [1.807, 2.05) is 0 Å². The molecule has 7 heteroatoms. The summed E-state index contributed by atoms with van der Waals surface area (Å²) in [5.74, 6) is 5.88. The molecule has 0 saturated carbocycles. The third-order valence-electron chi connectivity index (χ3n) is 2.67. The first-order valence-corrected chi connectivity index (χ1v) is 6.11. The summed E-state index contributed by atoms with van der Waals surface area (Å²) in [4.78, 5) is 10.3. The lowest BCUT2D eigenvalue weighted by Crippen LogP contribution is -2.10. The number of nitro groups is 1. The van der Waals surface area contributed by atoms with Crippen LogP contribution >= 0.6 is 11.6 Å². The highest BCUT2D eigenvalue weighted by molar-refractivity contribution is 6.32. The Morgan fingerprint density at radius 1 is 1.30 bits per heavy atom. The summed E-state index contributed by atoms with van der Waals surface area (Å²) in [6, 6.07) is 11.3. The van der Waals surface area contributed by atoms with Crippen LogP contribution in [0.25, 0.3) is 0 Å². The number of hydrogen-bond acceptors (Lipinski definition) is 5. The van der Waals surface area contributed by atoms with Crippen molar-refractivity contribution in [2.24, 2.45) is 5.84 Å². The number of halogens is 1. The van der Waals surface area contributed by atoms with Crippen LogP contribution in [0.15, 0.2) is 42.5 Å². The highest BCUT2D eigenvalue weighted by Crippen LogP contribution is 2.27.